The number of amides is 2. The molecule has 0 unspecified atom stereocenters. The second kappa shape index (κ2) is 5.02. The van der Waals surface area contributed by atoms with Crippen molar-refractivity contribution < 1.29 is 14.3 Å². The van der Waals surface area contributed by atoms with Crippen LogP contribution in [-0.2, 0) is 9.53 Å². The van der Waals surface area contributed by atoms with Crippen LogP contribution >= 0.6 is 0 Å². The van der Waals surface area contributed by atoms with Crippen molar-refractivity contribution in [3.63, 3.8) is 0 Å². The Hall–Kier alpha value is -2.11. The zero-order chi connectivity index (χ0) is 15.0. The van der Waals surface area contributed by atoms with Gasteiger partial charge in [0, 0.05) is 19.3 Å². The van der Waals surface area contributed by atoms with Crippen molar-refractivity contribution in [1.29, 1.82) is 0 Å². The number of rotatable bonds is 2. The Kier molecular flexibility index (Phi) is 3.31. The Morgan fingerprint density at radius 1 is 1.38 bits per heavy atom. The molecule has 1 aromatic heterocycles. The van der Waals surface area contributed by atoms with E-state index in [0.29, 0.717) is 38.4 Å². The van der Waals surface area contributed by atoms with Gasteiger partial charge in [0.2, 0.25) is 0 Å². The minimum absolute atomic E-state index is 0.0434. The molecule has 0 N–H and O–H groups in total. The fourth-order valence-corrected chi connectivity index (χ4v) is 2.79. The van der Waals surface area contributed by atoms with Gasteiger partial charge in [0.15, 0.2) is 0 Å². The second-order valence-corrected chi connectivity index (χ2v) is 5.53. The average molecular weight is 289 g/mol. The molecule has 3 rings (SSSR count). The number of pyridine rings is 1. The monoisotopic (exact) mass is 289 g/mol. The molecule has 1 aliphatic heterocycles. The molecule has 0 bridgehead atoms. The highest BCUT2D eigenvalue weighted by atomic mass is 16.6. The van der Waals surface area contributed by atoms with Crippen LogP contribution in [0.4, 0.5) is 10.6 Å². The molecule has 1 saturated carbocycles. The maximum absolute atomic E-state index is 12.8. The first kappa shape index (κ1) is 13.9. The number of aromatic nitrogens is 1. The van der Waals surface area contributed by atoms with Gasteiger partial charge < -0.3 is 4.74 Å². The van der Waals surface area contributed by atoms with E-state index >= 15 is 0 Å². The SMILES string of the molecule is CCOC(=O)N1CCN(c2ccc(C)cn2)C(=O)C12CC2. The van der Waals surface area contributed by atoms with Crippen molar-refractivity contribution in [3.05, 3.63) is 23.9 Å². The zero-order valence-corrected chi connectivity index (χ0v) is 12.3. The lowest BCUT2D eigenvalue weighted by atomic mass is 10.1. The molecule has 6 heteroatoms. The standard InChI is InChI=1S/C15H19N3O3/c1-3-21-14(20)18-9-8-17(13(19)15(18)6-7-15)12-5-4-11(2)10-16-12/h4-5,10H,3,6-9H2,1-2H3. The van der Waals surface area contributed by atoms with Crippen molar-refractivity contribution in [1.82, 2.24) is 9.88 Å². The van der Waals surface area contributed by atoms with Gasteiger partial charge in [-0.3, -0.25) is 14.6 Å². The number of carbonyl (C=O) groups is 2. The van der Waals surface area contributed by atoms with Crippen LogP contribution in [0.1, 0.15) is 25.3 Å². The number of anilines is 1. The van der Waals surface area contributed by atoms with Gasteiger partial charge in [0.1, 0.15) is 11.4 Å². The van der Waals surface area contributed by atoms with Crippen LogP contribution in [0.15, 0.2) is 18.3 Å². The summed E-state index contributed by atoms with van der Waals surface area (Å²) in [6, 6.07) is 3.79. The molecule has 0 radical (unpaired) electrons. The molecular weight excluding hydrogens is 270 g/mol. The smallest absolute Gasteiger partial charge is 0.410 e. The van der Waals surface area contributed by atoms with Gasteiger partial charge in [-0.05, 0) is 38.3 Å². The Bertz CT molecular complexity index is 566. The lowest BCUT2D eigenvalue weighted by Crippen LogP contribution is -2.61. The van der Waals surface area contributed by atoms with Gasteiger partial charge in [0.25, 0.3) is 5.91 Å². The van der Waals surface area contributed by atoms with Crippen LogP contribution in [0.25, 0.3) is 0 Å². The summed E-state index contributed by atoms with van der Waals surface area (Å²) in [4.78, 5) is 32.3. The van der Waals surface area contributed by atoms with Crippen molar-refractivity contribution in [3.8, 4) is 0 Å². The predicted octanol–water partition coefficient (Wildman–Crippen LogP) is 1.73. The average Bonchev–Trinajstić information content (AvgIpc) is 3.25. The third-order valence-corrected chi connectivity index (χ3v) is 4.09. The molecule has 1 aliphatic carbocycles. The number of carbonyl (C=O) groups excluding carboxylic acids is 2. The molecule has 0 aromatic carbocycles. The zero-order valence-electron chi connectivity index (χ0n) is 12.3. The van der Waals surface area contributed by atoms with Crippen LogP contribution in [-0.4, -0.2) is 47.1 Å². The van der Waals surface area contributed by atoms with Gasteiger partial charge in [-0.25, -0.2) is 9.78 Å². The van der Waals surface area contributed by atoms with Crippen molar-refractivity contribution in [2.75, 3.05) is 24.6 Å². The second-order valence-electron chi connectivity index (χ2n) is 5.53. The first-order chi connectivity index (χ1) is 10.1. The summed E-state index contributed by atoms with van der Waals surface area (Å²) in [6.45, 7) is 4.99. The lowest BCUT2D eigenvalue weighted by Gasteiger charge is -2.39. The minimum atomic E-state index is -0.697. The van der Waals surface area contributed by atoms with E-state index in [1.54, 1.807) is 22.9 Å². The van der Waals surface area contributed by atoms with E-state index in [0.717, 1.165) is 5.56 Å². The fourth-order valence-electron chi connectivity index (χ4n) is 2.79. The third kappa shape index (κ3) is 2.24. The quantitative estimate of drug-likeness (QED) is 0.831. The summed E-state index contributed by atoms with van der Waals surface area (Å²) in [5.41, 5.74) is 0.356. The third-order valence-electron chi connectivity index (χ3n) is 4.09. The highest BCUT2D eigenvalue weighted by molar-refractivity contribution is 6.04. The Balaban J connectivity index is 1.82. The number of aryl methyl sites for hydroxylation is 1. The van der Waals surface area contributed by atoms with E-state index in [9.17, 15) is 9.59 Å². The summed E-state index contributed by atoms with van der Waals surface area (Å²) in [5.74, 6) is 0.610. The number of piperazine rings is 1. The number of ether oxygens (including phenoxy) is 1. The van der Waals surface area contributed by atoms with E-state index < -0.39 is 5.54 Å². The summed E-state index contributed by atoms with van der Waals surface area (Å²) in [5, 5.41) is 0. The molecule has 2 amide bonds. The number of hydrogen-bond donors (Lipinski definition) is 0. The highest BCUT2D eigenvalue weighted by Crippen LogP contribution is 2.46. The molecule has 2 heterocycles. The van der Waals surface area contributed by atoms with E-state index in [1.807, 2.05) is 19.1 Å². The molecule has 0 atom stereocenters. The fraction of sp³-hybridized carbons (Fsp3) is 0.533. The van der Waals surface area contributed by atoms with E-state index in [4.69, 9.17) is 4.74 Å². The Morgan fingerprint density at radius 2 is 2.14 bits per heavy atom. The van der Waals surface area contributed by atoms with Gasteiger partial charge in [-0.2, -0.15) is 0 Å². The molecule has 1 aromatic rings. The molecule has 2 fully saturated rings. The van der Waals surface area contributed by atoms with Crippen LogP contribution in [0.2, 0.25) is 0 Å². The maximum atomic E-state index is 12.8. The molecule has 2 aliphatic rings. The summed E-state index contributed by atoms with van der Waals surface area (Å²) in [7, 11) is 0. The lowest BCUT2D eigenvalue weighted by molar-refractivity contribution is -0.126. The first-order valence-electron chi connectivity index (χ1n) is 7.27. The normalized spacial score (nSPS) is 19.8. The van der Waals surface area contributed by atoms with Gasteiger partial charge >= 0.3 is 6.09 Å². The minimum Gasteiger partial charge on any atom is -0.450 e. The van der Waals surface area contributed by atoms with Crippen molar-refractivity contribution in [2.24, 2.45) is 0 Å². The van der Waals surface area contributed by atoms with Crippen molar-refractivity contribution in [2.45, 2.75) is 32.2 Å². The number of nitrogens with zero attached hydrogens (tertiary/aromatic N) is 3. The summed E-state index contributed by atoms with van der Waals surface area (Å²) >= 11 is 0. The van der Waals surface area contributed by atoms with Gasteiger partial charge in [-0.1, -0.05) is 6.07 Å². The van der Waals surface area contributed by atoms with E-state index in [-0.39, 0.29) is 12.0 Å². The molecular formula is C15H19N3O3. The topological polar surface area (TPSA) is 62.7 Å². The van der Waals surface area contributed by atoms with Gasteiger partial charge in [-0.15, -0.1) is 0 Å². The van der Waals surface area contributed by atoms with Crippen LogP contribution in [0.3, 0.4) is 0 Å². The van der Waals surface area contributed by atoms with Gasteiger partial charge in [0.05, 0.1) is 6.61 Å². The predicted molar refractivity (Wildman–Crippen MR) is 77.0 cm³/mol. The molecule has 1 saturated heterocycles. The highest BCUT2D eigenvalue weighted by Gasteiger charge is 2.60. The Labute approximate surface area is 123 Å². The molecule has 6 nitrogen and oxygen atoms in total. The van der Waals surface area contributed by atoms with E-state index in [1.165, 1.54) is 0 Å². The Morgan fingerprint density at radius 3 is 2.71 bits per heavy atom. The van der Waals surface area contributed by atoms with Crippen LogP contribution in [0.5, 0.6) is 0 Å². The summed E-state index contributed by atoms with van der Waals surface area (Å²) in [6.07, 6.45) is 2.76. The van der Waals surface area contributed by atoms with E-state index in [2.05, 4.69) is 4.98 Å². The number of hydrogen-bond acceptors (Lipinski definition) is 4. The van der Waals surface area contributed by atoms with Crippen LogP contribution < -0.4 is 4.90 Å². The molecule has 112 valence electrons. The van der Waals surface area contributed by atoms with Crippen LogP contribution in [0, 0.1) is 6.92 Å². The molecule has 21 heavy (non-hydrogen) atoms. The molecule has 1 spiro atoms. The summed E-state index contributed by atoms with van der Waals surface area (Å²) < 4.78 is 5.06. The maximum Gasteiger partial charge on any atom is 0.410 e. The largest absolute Gasteiger partial charge is 0.450 e. The first-order valence-corrected chi connectivity index (χ1v) is 7.27. The van der Waals surface area contributed by atoms with Crippen molar-refractivity contribution >= 4 is 17.8 Å².